The lowest BCUT2D eigenvalue weighted by atomic mass is 9.70. The van der Waals surface area contributed by atoms with Gasteiger partial charge in [-0.3, -0.25) is 0 Å². The molecule has 1 aliphatic rings. The fourth-order valence-electron chi connectivity index (χ4n) is 8.87. The van der Waals surface area contributed by atoms with Crippen LogP contribution in [0.4, 0.5) is 34.1 Å². The molecule has 0 fully saturated rings. The maximum Gasteiger partial charge on any atom is 0.0781 e. The highest BCUT2D eigenvalue weighted by Crippen LogP contribution is 2.58. The topological polar surface area (TPSA) is 6.48 Å². The fraction of sp³-hybridized carbons (Fsp3) is 0.0566. The summed E-state index contributed by atoms with van der Waals surface area (Å²) in [6.07, 6.45) is 0. The molecule has 10 rings (SSSR count). The second-order valence-corrected chi connectivity index (χ2v) is 14.9. The van der Waals surface area contributed by atoms with Crippen molar-refractivity contribution in [2.45, 2.75) is 19.3 Å². The minimum absolute atomic E-state index is 0.285. The van der Waals surface area contributed by atoms with E-state index in [2.05, 4.69) is 230 Å². The maximum atomic E-state index is 2.55. The first-order valence-corrected chi connectivity index (χ1v) is 19.1. The van der Waals surface area contributed by atoms with Crippen LogP contribution in [0.2, 0.25) is 0 Å². The normalized spacial score (nSPS) is 13.0. The molecule has 0 spiro atoms. The molecule has 0 amide bonds. The summed E-state index contributed by atoms with van der Waals surface area (Å²) in [6.45, 7) is 4.79. The van der Waals surface area contributed by atoms with E-state index in [1.165, 1.54) is 66.3 Å². The van der Waals surface area contributed by atoms with Crippen LogP contribution in [0.5, 0.6) is 0 Å². The van der Waals surface area contributed by atoms with Crippen molar-refractivity contribution in [3.63, 3.8) is 0 Å². The Morgan fingerprint density at radius 1 is 0.400 bits per heavy atom. The van der Waals surface area contributed by atoms with E-state index in [0.717, 1.165) is 22.7 Å². The van der Waals surface area contributed by atoms with Crippen molar-refractivity contribution in [2.24, 2.45) is 0 Å². The van der Waals surface area contributed by atoms with Crippen molar-refractivity contribution < 1.29 is 0 Å². The van der Waals surface area contributed by atoms with Crippen LogP contribution in [0.25, 0.3) is 43.8 Å². The number of rotatable bonds is 6. The van der Waals surface area contributed by atoms with E-state index in [1.807, 2.05) is 0 Å². The van der Waals surface area contributed by atoms with E-state index in [0.29, 0.717) is 0 Å². The number of fused-ring (bicyclic) bond motifs is 4. The lowest BCUT2D eigenvalue weighted by Gasteiger charge is -2.44. The third kappa shape index (κ3) is 5.41. The summed E-state index contributed by atoms with van der Waals surface area (Å²) in [5, 5.41) is 4.90. The molecule has 2 heteroatoms. The third-order valence-corrected chi connectivity index (χ3v) is 11.4. The van der Waals surface area contributed by atoms with Crippen LogP contribution in [0.3, 0.4) is 0 Å². The monoisotopic (exact) mass is 704 g/mol. The molecule has 9 aromatic rings. The van der Waals surface area contributed by atoms with Gasteiger partial charge in [-0.2, -0.15) is 0 Å². The number of benzene rings is 9. The Morgan fingerprint density at radius 3 is 1.73 bits per heavy atom. The summed E-state index contributed by atoms with van der Waals surface area (Å²) < 4.78 is 0. The number of nitrogens with zero attached hydrogens (tertiary/aromatic N) is 2. The van der Waals surface area contributed by atoms with Gasteiger partial charge in [-0.05, 0) is 92.0 Å². The zero-order valence-electron chi connectivity index (χ0n) is 31.0. The van der Waals surface area contributed by atoms with Crippen LogP contribution >= 0.6 is 0 Å². The standard InChI is InChI=1S/C53H40N2/c1-53(2)47-28-13-14-29-48(47)55(49-30-16-27-46(51(49)53)45-26-15-21-39-19-9-11-24-43(39)45)52-44-25-12-10-20-40(44)33-36-50(52)54(41-22-7-4-8-23-41)42-34-31-38(32-35-42)37-17-5-3-6-18-37/h3-36H,1-2H3. The first-order chi connectivity index (χ1) is 27.1. The first kappa shape index (κ1) is 32.7. The van der Waals surface area contributed by atoms with E-state index in [-0.39, 0.29) is 5.41 Å². The third-order valence-electron chi connectivity index (χ3n) is 11.4. The van der Waals surface area contributed by atoms with Crippen molar-refractivity contribution in [1.82, 2.24) is 0 Å². The van der Waals surface area contributed by atoms with Gasteiger partial charge in [-0.25, -0.2) is 0 Å². The zero-order valence-corrected chi connectivity index (χ0v) is 31.0. The van der Waals surface area contributed by atoms with E-state index in [9.17, 15) is 0 Å². The van der Waals surface area contributed by atoms with Crippen LogP contribution in [0, 0.1) is 0 Å². The number of hydrogen-bond donors (Lipinski definition) is 0. The Balaban J connectivity index is 1.27. The van der Waals surface area contributed by atoms with E-state index >= 15 is 0 Å². The molecule has 0 atom stereocenters. The SMILES string of the molecule is CC1(C)c2ccccc2N(c2c(N(c3ccccc3)c3ccc(-c4ccccc4)cc3)ccc3ccccc23)c2cccc(-c3cccc4ccccc34)c21. The van der Waals surface area contributed by atoms with Crippen LogP contribution in [-0.4, -0.2) is 0 Å². The number of hydrogen-bond acceptors (Lipinski definition) is 2. The molecule has 0 radical (unpaired) electrons. The Labute approximate surface area is 323 Å². The Kier molecular flexibility index (Phi) is 7.85. The molecule has 2 nitrogen and oxygen atoms in total. The van der Waals surface area contributed by atoms with Crippen molar-refractivity contribution >= 4 is 55.7 Å². The predicted molar refractivity (Wildman–Crippen MR) is 234 cm³/mol. The van der Waals surface area contributed by atoms with Gasteiger partial charge in [0.05, 0.1) is 22.7 Å². The number of anilines is 6. The highest BCUT2D eigenvalue weighted by Gasteiger charge is 2.40. The largest absolute Gasteiger partial charge is 0.308 e. The van der Waals surface area contributed by atoms with Gasteiger partial charge in [0, 0.05) is 22.2 Å². The second kappa shape index (κ2) is 13.2. The molecule has 262 valence electrons. The van der Waals surface area contributed by atoms with Crippen molar-refractivity contribution in [3.8, 4) is 22.3 Å². The lowest BCUT2D eigenvalue weighted by Crippen LogP contribution is -2.32. The highest BCUT2D eigenvalue weighted by atomic mass is 15.2. The quantitative estimate of drug-likeness (QED) is 0.170. The molecular formula is C53H40N2. The van der Waals surface area contributed by atoms with Gasteiger partial charge in [0.1, 0.15) is 0 Å². The molecular weight excluding hydrogens is 665 g/mol. The molecule has 0 bridgehead atoms. The Hall–Kier alpha value is -6.90. The van der Waals surface area contributed by atoms with Crippen LogP contribution in [-0.2, 0) is 5.41 Å². The average Bonchev–Trinajstić information content (AvgIpc) is 3.25. The predicted octanol–water partition coefficient (Wildman–Crippen LogP) is 14.9. The van der Waals surface area contributed by atoms with Gasteiger partial charge >= 0.3 is 0 Å². The lowest BCUT2D eigenvalue weighted by molar-refractivity contribution is 0.634. The summed E-state index contributed by atoms with van der Waals surface area (Å²) in [6, 6.07) is 75.2. The summed E-state index contributed by atoms with van der Waals surface area (Å²) >= 11 is 0. The van der Waals surface area contributed by atoms with Crippen LogP contribution < -0.4 is 9.80 Å². The van der Waals surface area contributed by atoms with Gasteiger partial charge in [0.15, 0.2) is 0 Å². The van der Waals surface area contributed by atoms with Gasteiger partial charge < -0.3 is 9.80 Å². The molecule has 0 aliphatic carbocycles. The Morgan fingerprint density at radius 2 is 0.945 bits per heavy atom. The molecule has 55 heavy (non-hydrogen) atoms. The minimum Gasteiger partial charge on any atom is -0.308 e. The highest BCUT2D eigenvalue weighted by molar-refractivity contribution is 6.09. The van der Waals surface area contributed by atoms with Crippen molar-refractivity contribution in [2.75, 3.05) is 9.80 Å². The van der Waals surface area contributed by atoms with Gasteiger partial charge in [-0.1, -0.05) is 178 Å². The number of para-hydroxylation sites is 2. The van der Waals surface area contributed by atoms with Gasteiger partial charge in [-0.15, -0.1) is 0 Å². The van der Waals surface area contributed by atoms with E-state index in [4.69, 9.17) is 0 Å². The molecule has 0 aromatic heterocycles. The van der Waals surface area contributed by atoms with E-state index in [1.54, 1.807) is 0 Å². The molecule has 1 heterocycles. The molecule has 9 aromatic carbocycles. The fourth-order valence-corrected chi connectivity index (χ4v) is 8.87. The zero-order chi connectivity index (χ0) is 36.9. The smallest absolute Gasteiger partial charge is 0.0781 e. The van der Waals surface area contributed by atoms with Crippen LogP contribution in [0.15, 0.2) is 206 Å². The van der Waals surface area contributed by atoms with Gasteiger partial charge in [0.2, 0.25) is 0 Å². The summed E-state index contributed by atoms with van der Waals surface area (Å²) in [5.74, 6) is 0. The summed E-state index contributed by atoms with van der Waals surface area (Å²) in [5.41, 5.74) is 14.1. The minimum atomic E-state index is -0.285. The van der Waals surface area contributed by atoms with Crippen molar-refractivity contribution in [3.05, 3.63) is 217 Å². The molecule has 0 N–H and O–H groups in total. The molecule has 1 aliphatic heterocycles. The van der Waals surface area contributed by atoms with Crippen LogP contribution in [0.1, 0.15) is 25.0 Å². The summed E-state index contributed by atoms with van der Waals surface area (Å²) in [7, 11) is 0. The molecule has 0 saturated carbocycles. The first-order valence-electron chi connectivity index (χ1n) is 19.1. The summed E-state index contributed by atoms with van der Waals surface area (Å²) in [4.78, 5) is 4.98. The van der Waals surface area contributed by atoms with Gasteiger partial charge in [0.25, 0.3) is 0 Å². The Bertz CT molecular complexity index is 2830. The molecule has 0 saturated heterocycles. The maximum absolute atomic E-state index is 2.55. The second-order valence-electron chi connectivity index (χ2n) is 14.9. The average molecular weight is 705 g/mol. The molecule has 0 unspecified atom stereocenters. The van der Waals surface area contributed by atoms with Crippen molar-refractivity contribution in [1.29, 1.82) is 0 Å². The van der Waals surface area contributed by atoms with E-state index < -0.39 is 0 Å².